The van der Waals surface area contributed by atoms with Crippen LogP contribution in [-0.4, -0.2) is 29.2 Å². The van der Waals surface area contributed by atoms with Crippen molar-refractivity contribution in [3.63, 3.8) is 0 Å². The normalized spacial score (nSPS) is 11.8. The van der Waals surface area contributed by atoms with Crippen LogP contribution in [0.2, 0.25) is 0 Å². The van der Waals surface area contributed by atoms with Crippen LogP contribution < -0.4 is 21.3 Å². The van der Waals surface area contributed by atoms with Gasteiger partial charge in [-0.3, -0.25) is 0 Å². The molecule has 0 spiro atoms. The maximum atomic E-state index is 11.9. The van der Waals surface area contributed by atoms with Crippen LogP contribution in [0, 0.1) is 0 Å². The lowest BCUT2D eigenvalue weighted by Gasteiger charge is -2.27. The van der Waals surface area contributed by atoms with Crippen LogP contribution in [0.25, 0.3) is 0 Å². The molecular weight excluding hydrogens is 316 g/mol. The first-order valence-corrected chi connectivity index (χ1v) is 8.63. The van der Waals surface area contributed by atoms with E-state index in [-0.39, 0.29) is 29.2 Å². The Morgan fingerprint density at radius 1 is 0.920 bits per heavy atom. The number of hydrogen-bond donors (Lipinski definition) is 4. The molecule has 0 aliphatic rings. The van der Waals surface area contributed by atoms with E-state index in [1.54, 1.807) is 0 Å². The number of nitrogens with one attached hydrogen (secondary N) is 4. The summed E-state index contributed by atoms with van der Waals surface area (Å²) in [5.41, 5.74) is 1.15. The molecule has 0 aliphatic carbocycles. The second kappa shape index (κ2) is 8.23. The number of carbonyl (C=O) groups is 2. The van der Waals surface area contributed by atoms with Gasteiger partial charge in [-0.05, 0) is 72.6 Å². The van der Waals surface area contributed by atoms with Crippen LogP contribution in [0.3, 0.4) is 0 Å². The van der Waals surface area contributed by atoms with Crippen molar-refractivity contribution in [2.45, 2.75) is 72.0 Å². The van der Waals surface area contributed by atoms with Gasteiger partial charge in [0, 0.05) is 22.8 Å². The van der Waals surface area contributed by atoms with E-state index in [0.29, 0.717) is 6.42 Å². The highest BCUT2D eigenvalue weighted by molar-refractivity contribution is 5.89. The van der Waals surface area contributed by atoms with Gasteiger partial charge >= 0.3 is 12.1 Å². The van der Waals surface area contributed by atoms with Crippen molar-refractivity contribution in [1.82, 2.24) is 16.0 Å². The number of benzene rings is 1. The zero-order valence-corrected chi connectivity index (χ0v) is 16.4. The predicted molar refractivity (Wildman–Crippen MR) is 103 cm³/mol. The van der Waals surface area contributed by atoms with Gasteiger partial charge in [0.2, 0.25) is 0 Å². The highest BCUT2D eigenvalue weighted by atomic mass is 16.2. The molecular formula is C19H32N4O2. The molecule has 1 rings (SSSR count). The first-order chi connectivity index (χ1) is 11.4. The van der Waals surface area contributed by atoms with E-state index < -0.39 is 0 Å². The Bertz CT molecular complexity index is 586. The first kappa shape index (κ1) is 20.8. The van der Waals surface area contributed by atoms with Crippen molar-refractivity contribution in [3.05, 3.63) is 29.8 Å². The maximum Gasteiger partial charge on any atom is 0.319 e. The monoisotopic (exact) mass is 348 g/mol. The van der Waals surface area contributed by atoms with Gasteiger partial charge in [-0.2, -0.15) is 0 Å². The van der Waals surface area contributed by atoms with Crippen molar-refractivity contribution in [2.24, 2.45) is 0 Å². The quantitative estimate of drug-likeness (QED) is 0.655. The highest BCUT2D eigenvalue weighted by Crippen LogP contribution is 2.16. The molecule has 25 heavy (non-hydrogen) atoms. The summed E-state index contributed by atoms with van der Waals surface area (Å²) < 4.78 is 0. The lowest BCUT2D eigenvalue weighted by molar-refractivity contribution is 0.227. The van der Waals surface area contributed by atoms with Crippen LogP contribution in [0.1, 0.15) is 54.0 Å². The Morgan fingerprint density at radius 2 is 1.48 bits per heavy atom. The lowest BCUT2D eigenvalue weighted by Crippen LogP contribution is -2.51. The summed E-state index contributed by atoms with van der Waals surface area (Å²) in [6.07, 6.45) is 0.687. The van der Waals surface area contributed by atoms with Crippen LogP contribution >= 0.6 is 0 Å². The van der Waals surface area contributed by atoms with Gasteiger partial charge in [0.15, 0.2) is 0 Å². The Kier molecular flexibility index (Phi) is 6.85. The molecule has 4 amide bonds. The predicted octanol–water partition coefficient (Wildman–Crippen LogP) is 3.64. The SMILES string of the molecule is CC(C)NC(=O)NC(C)(C)Cc1ccc(NC(=O)NC(C)(C)C)cc1. The Hall–Kier alpha value is -2.24. The summed E-state index contributed by atoms with van der Waals surface area (Å²) in [4.78, 5) is 23.7. The fourth-order valence-corrected chi connectivity index (χ4v) is 2.37. The minimum atomic E-state index is -0.377. The van der Waals surface area contributed by atoms with Crippen LogP contribution in [0.15, 0.2) is 24.3 Å². The minimum absolute atomic E-state index is 0.0976. The molecule has 0 atom stereocenters. The van der Waals surface area contributed by atoms with Crippen LogP contribution in [0.5, 0.6) is 0 Å². The molecule has 6 heteroatoms. The van der Waals surface area contributed by atoms with E-state index >= 15 is 0 Å². The number of urea groups is 2. The van der Waals surface area contributed by atoms with Crippen molar-refractivity contribution >= 4 is 17.7 Å². The molecule has 140 valence electrons. The summed E-state index contributed by atoms with van der Waals surface area (Å²) in [6.45, 7) is 13.6. The molecule has 0 heterocycles. The first-order valence-electron chi connectivity index (χ1n) is 8.63. The number of hydrogen-bond acceptors (Lipinski definition) is 2. The second-order valence-corrected chi connectivity index (χ2v) is 8.34. The highest BCUT2D eigenvalue weighted by Gasteiger charge is 2.21. The van der Waals surface area contributed by atoms with E-state index in [4.69, 9.17) is 0 Å². The Morgan fingerprint density at radius 3 is 1.96 bits per heavy atom. The average Bonchev–Trinajstić information content (AvgIpc) is 2.36. The largest absolute Gasteiger partial charge is 0.336 e. The molecule has 0 saturated carbocycles. The van der Waals surface area contributed by atoms with Crippen molar-refractivity contribution in [3.8, 4) is 0 Å². The molecule has 4 N–H and O–H groups in total. The third kappa shape index (κ3) is 8.98. The Labute approximate surface area is 151 Å². The molecule has 0 saturated heterocycles. The van der Waals surface area contributed by atoms with E-state index in [2.05, 4.69) is 21.3 Å². The molecule has 6 nitrogen and oxygen atoms in total. The number of amides is 4. The van der Waals surface area contributed by atoms with Gasteiger partial charge in [0.1, 0.15) is 0 Å². The zero-order chi connectivity index (χ0) is 19.3. The fourth-order valence-electron chi connectivity index (χ4n) is 2.37. The Balaban J connectivity index is 2.61. The third-order valence-electron chi connectivity index (χ3n) is 3.22. The molecule has 1 aromatic rings. The lowest BCUT2D eigenvalue weighted by atomic mass is 9.95. The number of anilines is 1. The number of carbonyl (C=O) groups excluding carboxylic acids is 2. The minimum Gasteiger partial charge on any atom is -0.336 e. The smallest absolute Gasteiger partial charge is 0.319 e. The average molecular weight is 348 g/mol. The van der Waals surface area contributed by atoms with Gasteiger partial charge in [-0.25, -0.2) is 9.59 Å². The van der Waals surface area contributed by atoms with Gasteiger partial charge in [0.05, 0.1) is 0 Å². The van der Waals surface area contributed by atoms with Crippen molar-refractivity contribution in [2.75, 3.05) is 5.32 Å². The molecule has 1 aromatic carbocycles. The third-order valence-corrected chi connectivity index (χ3v) is 3.22. The van der Waals surface area contributed by atoms with Gasteiger partial charge in [-0.1, -0.05) is 12.1 Å². The summed E-state index contributed by atoms with van der Waals surface area (Å²) >= 11 is 0. The van der Waals surface area contributed by atoms with E-state index in [0.717, 1.165) is 11.3 Å². The van der Waals surface area contributed by atoms with Crippen LogP contribution in [0.4, 0.5) is 15.3 Å². The summed E-state index contributed by atoms with van der Waals surface area (Å²) in [5, 5.41) is 11.5. The maximum absolute atomic E-state index is 11.9. The van der Waals surface area contributed by atoms with E-state index in [9.17, 15) is 9.59 Å². The van der Waals surface area contributed by atoms with E-state index in [1.165, 1.54) is 0 Å². The molecule has 0 bridgehead atoms. The van der Waals surface area contributed by atoms with Crippen molar-refractivity contribution < 1.29 is 9.59 Å². The topological polar surface area (TPSA) is 82.3 Å². The zero-order valence-electron chi connectivity index (χ0n) is 16.4. The van der Waals surface area contributed by atoms with Gasteiger partial charge in [0.25, 0.3) is 0 Å². The summed E-state index contributed by atoms with van der Waals surface area (Å²) in [7, 11) is 0. The molecule has 0 radical (unpaired) electrons. The fraction of sp³-hybridized carbons (Fsp3) is 0.579. The summed E-state index contributed by atoms with van der Waals surface area (Å²) in [5.74, 6) is 0. The molecule has 0 unspecified atom stereocenters. The molecule has 0 fully saturated rings. The standard InChI is InChI=1S/C19H32N4O2/c1-13(2)20-16(24)23-19(6,7)12-14-8-10-15(11-9-14)21-17(25)22-18(3,4)5/h8-11,13H,12H2,1-7H3,(H2,20,23,24)(H2,21,22,25). The van der Waals surface area contributed by atoms with E-state index in [1.807, 2.05) is 72.7 Å². The molecule has 0 aliphatic heterocycles. The van der Waals surface area contributed by atoms with Crippen molar-refractivity contribution in [1.29, 1.82) is 0 Å². The van der Waals surface area contributed by atoms with Gasteiger partial charge in [-0.15, -0.1) is 0 Å². The summed E-state index contributed by atoms with van der Waals surface area (Å²) in [6, 6.07) is 7.33. The second-order valence-electron chi connectivity index (χ2n) is 8.34. The number of rotatable bonds is 5. The van der Waals surface area contributed by atoms with Gasteiger partial charge < -0.3 is 21.3 Å². The van der Waals surface area contributed by atoms with Crippen LogP contribution in [-0.2, 0) is 6.42 Å². The molecule has 0 aromatic heterocycles.